The third-order valence-corrected chi connectivity index (χ3v) is 4.35. The maximum atomic E-state index is 5.53. The van der Waals surface area contributed by atoms with Crippen LogP contribution in [-0.2, 0) is 0 Å². The number of rotatable bonds is 3. The monoisotopic (exact) mass is 247 g/mol. The van der Waals surface area contributed by atoms with Crippen LogP contribution >= 0.6 is 0 Å². The molecule has 0 radical (unpaired) electrons. The van der Waals surface area contributed by atoms with Gasteiger partial charge in [0.1, 0.15) is 11.5 Å². The summed E-state index contributed by atoms with van der Waals surface area (Å²) in [6.07, 6.45) is 5.04. The highest BCUT2D eigenvalue weighted by Crippen LogP contribution is 2.44. The molecule has 2 heterocycles. The Morgan fingerprint density at radius 2 is 1.56 bits per heavy atom. The van der Waals surface area contributed by atoms with E-state index in [2.05, 4.69) is 5.32 Å². The summed E-state index contributed by atoms with van der Waals surface area (Å²) in [7, 11) is 3.49. The Morgan fingerprint density at radius 1 is 1.00 bits per heavy atom. The van der Waals surface area contributed by atoms with Gasteiger partial charge in [0.25, 0.3) is 0 Å². The van der Waals surface area contributed by atoms with Gasteiger partial charge < -0.3 is 14.8 Å². The summed E-state index contributed by atoms with van der Waals surface area (Å²) in [6.45, 7) is 0. The van der Waals surface area contributed by atoms with Crippen LogP contribution in [0.15, 0.2) is 18.2 Å². The van der Waals surface area contributed by atoms with Gasteiger partial charge in [-0.2, -0.15) is 0 Å². The predicted octanol–water partition coefficient (Wildman–Crippen LogP) is 2.70. The van der Waals surface area contributed by atoms with E-state index in [-0.39, 0.29) is 0 Å². The Morgan fingerprint density at radius 3 is 2.06 bits per heavy atom. The van der Waals surface area contributed by atoms with E-state index in [4.69, 9.17) is 9.47 Å². The Balaban J connectivity index is 1.95. The summed E-state index contributed by atoms with van der Waals surface area (Å²) in [5.41, 5.74) is 1.26. The van der Waals surface area contributed by atoms with Crippen molar-refractivity contribution >= 4 is 0 Å². The van der Waals surface area contributed by atoms with Crippen molar-refractivity contribution in [2.75, 3.05) is 14.2 Å². The Kier molecular flexibility index (Phi) is 3.16. The van der Waals surface area contributed by atoms with Crippen LogP contribution in [0.1, 0.15) is 37.2 Å². The van der Waals surface area contributed by atoms with E-state index in [1.165, 1.54) is 31.2 Å². The second-order valence-corrected chi connectivity index (χ2v) is 5.38. The third kappa shape index (κ3) is 1.97. The predicted molar refractivity (Wildman–Crippen MR) is 71.5 cm³/mol. The number of fused-ring (bicyclic) bond motifs is 2. The molecule has 98 valence electrons. The molecular weight excluding hydrogens is 226 g/mol. The fraction of sp³-hybridized carbons (Fsp3) is 0.600. The summed E-state index contributed by atoms with van der Waals surface area (Å²) in [4.78, 5) is 0. The first kappa shape index (κ1) is 11.8. The van der Waals surface area contributed by atoms with Crippen LogP contribution in [0.25, 0.3) is 0 Å². The lowest BCUT2D eigenvalue weighted by atomic mass is 9.85. The van der Waals surface area contributed by atoms with E-state index < -0.39 is 0 Å². The summed E-state index contributed by atoms with van der Waals surface area (Å²) in [5, 5.41) is 3.68. The Hall–Kier alpha value is -1.22. The molecule has 18 heavy (non-hydrogen) atoms. The Bertz CT molecular complexity index is 398. The molecule has 2 aliphatic rings. The zero-order valence-electron chi connectivity index (χ0n) is 11.1. The highest BCUT2D eigenvalue weighted by Gasteiger charge is 2.36. The van der Waals surface area contributed by atoms with Crippen molar-refractivity contribution < 1.29 is 9.47 Å². The summed E-state index contributed by atoms with van der Waals surface area (Å²) in [5.74, 6) is 2.51. The summed E-state index contributed by atoms with van der Waals surface area (Å²) >= 11 is 0. The van der Waals surface area contributed by atoms with E-state index in [1.807, 2.05) is 18.2 Å². The molecule has 0 aliphatic carbocycles. The number of piperidine rings is 1. The van der Waals surface area contributed by atoms with Crippen molar-refractivity contribution in [1.82, 2.24) is 5.32 Å². The molecule has 1 aromatic rings. The molecule has 3 atom stereocenters. The molecule has 2 fully saturated rings. The minimum atomic E-state index is 0.565. The molecule has 0 spiro atoms. The fourth-order valence-electron chi connectivity index (χ4n) is 3.58. The topological polar surface area (TPSA) is 30.5 Å². The number of nitrogens with one attached hydrogen (secondary N) is 1. The number of benzene rings is 1. The lowest BCUT2D eigenvalue weighted by Crippen LogP contribution is -2.37. The Labute approximate surface area is 108 Å². The minimum absolute atomic E-state index is 0.565. The molecule has 2 aliphatic heterocycles. The molecule has 1 aromatic carbocycles. The lowest BCUT2D eigenvalue weighted by Gasteiger charge is -2.31. The molecule has 2 saturated heterocycles. The van der Waals surface area contributed by atoms with Crippen molar-refractivity contribution in [2.24, 2.45) is 0 Å². The van der Waals surface area contributed by atoms with Crippen LogP contribution in [0.2, 0.25) is 0 Å². The van der Waals surface area contributed by atoms with Crippen molar-refractivity contribution in [3.05, 3.63) is 23.8 Å². The van der Waals surface area contributed by atoms with Crippen LogP contribution in [0, 0.1) is 0 Å². The van der Waals surface area contributed by atoms with Crippen molar-refractivity contribution in [1.29, 1.82) is 0 Å². The van der Waals surface area contributed by atoms with Gasteiger partial charge in [-0.3, -0.25) is 0 Å². The van der Waals surface area contributed by atoms with Gasteiger partial charge in [-0.25, -0.2) is 0 Å². The van der Waals surface area contributed by atoms with Crippen LogP contribution in [0.4, 0.5) is 0 Å². The normalized spacial score (nSPS) is 30.2. The first-order chi connectivity index (χ1) is 8.81. The summed E-state index contributed by atoms with van der Waals surface area (Å²) in [6, 6.07) is 7.45. The molecule has 0 aromatic heterocycles. The standard InChI is InChI=1S/C15H21NO2/c1-17-13-4-3-5-14(18-2)15(13)10-8-11-6-7-12(9-10)16-11/h3-5,10-12,16H,6-9H2,1-2H3/t10?,11-,12+. The smallest absolute Gasteiger partial charge is 0.126 e. The SMILES string of the molecule is COc1cccc(OC)c1C1C[C@H]2CC[C@@H](C1)N2. The van der Waals surface area contributed by atoms with E-state index in [9.17, 15) is 0 Å². The average molecular weight is 247 g/mol. The van der Waals surface area contributed by atoms with Gasteiger partial charge in [0.05, 0.1) is 14.2 Å². The van der Waals surface area contributed by atoms with Gasteiger partial charge in [0.15, 0.2) is 0 Å². The zero-order valence-corrected chi connectivity index (χ0v) is 11.1. The van der Waals surface area contributed by atoms with Crippen LogP contribution in [0.5, 0.6) is 11.5 Å². The molecule has 3 heteroatoms. The first-order valence-corrected chi connectivity index (χ1v) is 6.78. The van der Waals surface area contributed by atoms with Gasteiger partial charge in [-0.05, 0) is 43.7 Å². The third-order valence-electron chi connectivity index (χ3n) is 4.35. The molecule has 1 unspecified atom stereocenters. The molecule has 2 bridgehead atoms. The summed E-state index contributed by atoms with van der Waals surface area (Å²) < 4.78 is 11.1. The van der Waals surface area contributed by atoms with Gasteiger partial charge in [0, 0.05) is 17.6 Å². The van der Waals surface area contributed by atoms with Gasteiger partial charge in [-0.15, -0.1) is 0 Å². The maximum absolute atomic E-state index is 5.53. The molecule has 3 rings (SSSR count). The van der Waals surface area contributed by atoms with E-state index in [0.717, 1.165) is 11.5 Å². The van der Waals surface area contributed by atoms with Crippen molar-refractivity contribution in [3.8, 4) is 11.5 Å². The fourth-order valence-corrected chi connectivity index (χ4v) is 3.58. The maximum Gasteiger partial charge on any atom is 0.126 e. The number of hydrogen-bond donors (Lipinski definition) is 1. The van der Waals surface area contributed by atoms with Crippen LogP contribution in [-0.4, -0.2) is 26.3 Å². The van der Waals surface area contributed by atoms with E-state index >= 15 is 0 Å². The van der Waals surface area contributed by atoms with Gasteiger partial charge in [-0.1, -0.05) is 6.07 Å². The quantitative estimate of drug-likeness (QED) is 0.891. The molecule has 0 amide bonds. The average Bonchev–Trinajstić information content (AvgIpc) is 2.76. The van der Waals surface area contributed by atoms with Gasteiger partial charge >= 0.3 is 0 Å². The number of hydrogen-bond acceptors (Lipinski definition) is 3. The second kappa shape index (κ2) is 4.81. The van der Waals surface area contributed by atoms with E-state index in [1.54, 1.807) is 14.2 Å². The largest absolute Gasteiger partial charge is 0.496 e. The highest BCUT2D eigenvalue weighted by molar-refractivity contribution is 5.47. The van der Waals surface area contributed by atoms with Crippen molar-refractivity contribution in [3.63, 3.8) is 0 Å². The lowest BCUT2D eigenvalue weighted by molar-refractivity contribution is 0.331. The first-order valence-electron chi connectivity index (χ1n) is 6.78. The van der Waals surface area contributed by atoms with Crippen LogP contribution in [0.3, 0.4) is 0 Å². The van der Waals surface area contributed by atoms with Crippen molar-refractivity contribution in [2.45, 2.75) is 43.7 Å². The molecule has 1 N–H and O–H groups in total. The van der Waals surface area contributed by atoms with E-state index in [0.29, 0.717) is 18.0 Å². The molecule has 0 saturated carbocycles. The second-order valence-electron chi connectivity index (χ2n) is 5.38. The highest BCUT2D eigenvalue weighted by atomic mass is 16.5. The van der Waals surface area contributed by atoms with Crippen LogP contribution < -0.4 is 14.8 Å². The minimum Gasteiger partial charge on any atom is -0.496 e. The molecule has 3 nitrogen and oxygen atoms in total. The number of methoxy groups -OCH3 is 2. The zero-order chi connectivity index (χ0) is 12.5. The molecular formula is C15H21NO2. The number of ether oxygens (including phenoxy) is 2. The van der Waals surface area contributed by atoms with Gasteiger partial charge in [0.2, 0.25) is 0 Å².